The number of nitrogens with one attached hydrogen (secondary N) is 1. The van der Waals surface area contributed by atoms with Crippen molar-refractivity contribution in [3.63, 3.8) is 0 Å². The Bertz CT molecular complexity index is 1140. The maximum atomic E-state index is 12.4. The summed E-state index contributed by atoms with van der Waals surface area (Å²) >= 11 is 9.21. The fourth-order valence-electron chi connectivity index (χ4n) is 2.59. The van der Waals surface area contributed by atoms with E-state index in [2.05, 4.69) is 20.5 Å². The van der Waals surface area contributed by atoms with Crippen LogP contribution in [-0.4, -0.2) is 25.7 Å². The zero-order valence-electron chi connectivity index (χ0n) is 15.4. The van der Waals surface area contributed by atoms with Crippen molar-refractivity contribution < 1.29 is 4.79 Å². The highest BCUT2D eigenvalue weighted by molar-refractivity contribution is 7.99. The van der Waals surface area contributed by atoms with Crippen molar-refractivity contribution in [3.8, 4) is 10.6 Å². The number of rotatable bonds is 6. The van der Waals surface area contributed by atoms with E-state index in [-0.39, 0.29) is 12.3 Å². The van der Waals surface area contributed by atoms with Crippen molar-refractivity contribution in [3.05, 3.63) is 71.0 Å². The van der Waals surface area contributed by atoms with Crippen LogP contribution in [0.3, 0.4) is 0 Å². The summed E-state index contributed by atoms with van der Waals surface area (Å²) in [5.74, 6) is -0.116. The van der Waals surface area contributed by atoms with E-state index in [1.807, 2.05) is 65.5 Å². The number of aryl methyl sites for hydroxylation is 1. The van der Waals surface area contributed by atoms with Gasteiger partial charge in [-0.2, -0.15) is 0 Å². The zero-order chi connectivity index (χ0) is 20.2. The first-order valence-corrected chi connectivity index (χ1v) is 10.8. The van der Waals surface area contributed by atoms with E-state index >= 15 is 0 Å². The molecule has 9 heteroatoms. The number of nitrogens with zero attached hydrogens (tertiary/aromatic N) is 4. The van der Waals surface area contributed by atoms with E-state index < -0.39 is 0 Å². The predicted molar refractivity (Wildman–Crippen MR) is 116 cm³/mol. The van der Waals surface area contributed by atoms with E-state index in [0.717, 1.165) is 32.0 Å². The molecule has 0 radical (unpaired) electrons. The Morgan fingerprint density at radius 1 is 1.21 bits per heavy atom. The van der Waals surface area contributed by atoms with Crippen LogP contribution in [0.5, 0.6) is 0 Å². The fourth-order valence-corrected chi connectivity index (χ4v) is 4.49. The van der Waals surface area contributed by atoms with Crippen LogP contribution >= 0.6 is 34.7 Å². The van der Waals surface area contributed by atoms with Gasteiger partial charge in [0.1, 0.15) is 11.3 Å². The number of carbonyl (C=O) groups is 1. The highest BCUT2D eigenvalue weighted by Gasteiger charge is 2.11. The Labute approximate surface area is 181 Å². The minimum Gasteiger partial charge on any atom is -0.326 e. The molecule has 0 saturated carbocycles. The quantitative estimate of drug-likeness (QED) is 0.459. The van der Waals surface area contributed by atoms with Gasteiger partial charge in [0.25, 0.3) is 0 Å². The first kappa shape index (κ1) is 19.6. The van der Waals surface area contributed by atoms with E-state index in [1.165, 1.54) is 23.1 Å². The van der Waals surface area contributed by atoms with Gasteiger partial charge < -0.3 is 9.88 Å². The van der Waals surface area contributed by atoms with E-state index in [9.17, 15) is 4.79 Å². The van der Waals surface area contributed by atoms with Gasteiger partial charge in [0.05, 0.1) is 17.1 Å². The number of carbonyl (C=O) groups excluding carboxylic acids is 1. The van der Waals surface area contributed by atoms with Gasteiger partial charge >= 0.3 is 0 Å². The average Bonchev–Trinajstić information content (AvgIpc) is 3.33. The van der Waals surface area contributed by atoms with Crippen LogP contribution in [-0.2, 0) is 18.3 Å². The third-order valence-electron chi connectivity index (χ3n) is 4.01. The van der Waals surface area contributed by atoms with Gasteiger partial charge in [-0.25, -0.2) is 4.98 Å². The molecule has 0 aliphatic rings. The SMILES string of the molecule is Cn1cnnc1Sc1ccc(NC(=O)Cc2csc(-c3ccccc3Cl)n2)cc1. The van der Waals surface area contributed by atoms with Crippen molar-refractivity contribution in [2.45, 2.75) is 16.5 Å². The number of amides is 1. The molecule has 0 saturated heterocycles. The van der Waals surface area contributed by atoms with Crippen molar-refractivity contribution >= 4 is 46.3 Å². The van der Waals surface area contributed by atoms with Gasteiger partial charge in [-0.1, -0.05) is 29.8 Å². The molecule has 0 spiro atoms. The third kappa shape index (κ3) is 4.84. The Morgan fingerprint density at radius 2 is 2.00 bits per heavy atom. The van der Waals surface area contributed by atoms with Gasteiger partial charge in [-0.05, 0) is 42.1 Å². The fraction of sp³-hybridized carbons (Fsp3) is 0.100. The smallest absolute Gasteiger partial charge is 0.230 e. The van der Waals surface area contributed by atoms with Gasteiger partial charge in [0.2, 0.25) is 5.91 Å². The van der Waals surface area contributed by atoms with Gasteiger partial charge in [-0.15, -0.1) is 21.5 Å². The summed E-state index contributed by atoms with van der Waals surface area (Å²) in [6.45, 7) is 0. The Balaban J connectivity index is 1.36. The lowest BCUT2D eigenvalue weighted by molar-refractivity contribution is -0.115. The molecule has 4 rings (SSSR count). The molecule has 2 aromatic heterocycles. The number of aromatic nitrogens is 4. The molecule has 1 N–H and O–H groups in total. The van der Waals surface area contributed by atoms with Gasteiger partial charge in [-0.3, -0.25) is 4.79 Å². The first-order chi connectivity index (χ1) is 14.1. The van der Waals surface area contributed by atoms with Crippen molar-refractivity contribution in [2.75, 3.05) is 5.32 Å². The maximum absolute atomic E-state index is 12.4. The summed E-state index contributed by atoms with van der Waals surface area (Å²) in [4.78, 5) is 17.9. The van der Waals surface area contributed by atoms with Crippen LogP contribution < -0.4 is 5.32 Å². The Morgan fingerprint density at radius 3 is 2.72 bits per heavy atom. The number of hydrogen-bond acceptors (Lipinski definition) is 6. The zero-order valence-corrected chi connectivity index (χ0v) is 17.8. The van der Waals surface area contributed by atoms with E-state index in [1.54, 1.807) is 6.33 Å². The molecule has 146 valence electrons. The number of thiazole rings is 1. The molecule has 0 aliphatic heterocycles. The minimum absolute atomic E-state index is 0.116. The lowest BCUT2D eigenvalue weighted by Gasteiger charge is -2.06. The summed E-state index contributed by atoms with van der Waals surface area (Å²) in [6, 6.07) is 15.2. The summed E-state index contributed by atoms with van der Waals surface area (Å²) in [5, 5.41) is 15.0. The van der Waals surface area contributed by atoms with Crippen LogP contribution in [0.15, 0.2) is 70.3 Å². The minimum atomic E-state index is -0.116. The van der Waals surface area contributed by atoms with Crippen LogP contribution in [0.25, 0.3) is 10.6 Å². The van der Waals surface area contributed by atoms with E-state index in [0.29, 0.717) is 5.02 Å². The van der Waals surface area contributed by atoms with Crippen LogP contribution in [0.1, 0.15) is 5.69 Å². The average molecular weight is 442 g/mol. The highest BCUT2D eigenvalue weighted by atomic mass is 35.5. The standard InChI is InChI=1S/C20H16ClN5OS2/c1-26-12-22-25-20(26)29-15-8-6-13(7-9-15)23-18(27)10-14-11-28-19(24-14)16-4-2-3-5-17(16)21/h2-9,11-12H,10H2,1H3,(H,23,27). The van der Waals surface area contributed by atoms with Crippen molar-refractivity contribution in [1.82, 2.24) is 19.7 Å². The molecular formula is C20H16ClN5OS2. The summed E-state index contributed by atoms with van der Waals surface area (Å²) in [5.41, 5.74) is 2.33. The molecule has 0 atom stereocenters. The summed E-state index contributed by atoms with van der Waals surface area (Å²) < 4.78 is 1.85. The van der Waals surface area contributed by atoms with Crippen LogP contribution in [0.4, 0.5) is 5.69 Å². The lowest BCUT2D eigenvalue weighted by atomic mass is 10.2. The largest absolute Gasteiger partial charge is 0.326 e. The molecule has 0 bridgehead atoms. The Hall–Kier alpha value is -2.68. The summed E-state index contributed by atoms with van der Waals surface area (Å²) in [7, 11) is 1.90. The van der Waals surface area contributed by atoms with Crippen molar-refractivity contribution in [2.24, 2.45) is 7.05 Å². The second-order valence-corrected chi connectivity index (χ2v) is 8.51. The first-order valence-electron chi connectivity index (χ1n) is 8.69. The second-order valence-electron chi connectivity index (χ2n) is 6.20. The highest BCUT2D eigenvalue weighted by Crippen LogP contribution is 2.30. The predicted octanol–water partition coefficient (Wildman–Crippen LogP) is 4.92. The molecule has 1 amide bonds. The molecule has 2 aromatic carbocycles. The number of benzene rings is 2. The van der Waals surface area contributed by atoms with Gasteiger partial charge in [0, 0.05) is 28.6 Å². The summed E-state index contributed by atoms with van der Waals surface area (Å²) in [6.07, 6.45) is 1.86. The van der Waals surface area contributed by atoms with E-state index in [4.69, 9.17) is 11.6 Å². The molecule has 4 aromatic rings. The molecule has 29 heavy (non-hydrogen) atoms. The molecule has 0 fully saturated rings. The third-order valence-corrected chi connectivity index (χ3v) is 6.33. The van der Waals surface area contributed by atoms with Crippen molar-refractivity contribution in [1.29, 1.82) is 0 Å². The molecule has 2 heterocycles. The molecule has 0 unspecified atom stereocenters. The number of halogens is 1. The molecule has 0 aliphatic carbocycles. The topological polar surface area (TPSA) is 72.7 Å². The lowest BCUT2D eigenvalue weighted by Crippen LogP contribution is -2.14. The van der Waals surface area contributed by atoms with Crippen LogP contribution in [0, 0.1) is 0 Å². The number of hydrogen-bond donors (Lipinski definition) is 1. The monoisotopic (exact) mass is 441 g/mol. The molecule has 6 nitrogen and oxygen atoms in total. The Kier molecular flexibility index (Phi) is 5.94. The molecular weight excluding hydrogens is 426 g/mol. The number of anilines is 1. The maximum Gasteiger partial charge on any atom is 0.230 e. The van der Waals surface area contributed by atoms with Crippen LogP contribution in [0.2, 0.25) is 5.02 Å². The normalized spacial score (nSPS) is 10.8. The second kappa shape index (κ2) is 8.77. The van der Waals surface area contributed by atoms with Gasteiger partial charge in [0.15, 0.2) is 5.16 Å².